The van der Waals surface area contributed by atoms with Crippen molar-refractivity contribution in [3.63, 3.8) is 0 Å². The second kappa shape index (κ2) is 7.90. The van der Waals surface area contributed by atoms with Crippen LogP contribution in [0.4, 0.5) is 0 Å². The zero-order chi connectivity index (χ0) is 20.3. The summed E-state index contributed by atoms with van der Waals surface area (Å²) in [7, 11) is 0. The van der Waals surface area contributed by atoms with Gasteiger partial charge >= 0.3 is 5.97 Å². The van der Waals surface area contributed by atoms with Crippen molar-refractivity contribution in [1.29, 1.82) is 5.26 Å². The van der Waals surface area contributed by atoms with E-state index >= 15 is 0 Å². The SMILES string of the molecule is CC(C)=C[C@@H]1[C@@H](C(=O)O[C@@H](C#N)c2cccc(Oc3ccccc3)c2)C1(C)C. The standard InChI is InChI=1S/C24H25NO3/c1-16(2)13-20-22(24(20,3)4)23(26)28-21(15-25)17-9-8-12-19(14-17)27-18-10-6-5-7-11-18/h5-14,20-22H,1-4H3/t20-,21+,22+/m1/s1. The highest BCUT2D eigenvalue weighted by atomic mass is 16.5. The summed E-state index contributed by atoms with van der Waals surface area (Å²) in [5.41, 5.74) is 1.63. The van der Waals surface area contributed by atoms with Gasteiger partial charge in [0.1, 0.15) is 17.6 Å². The molecule has 3 atom stereocenters. The average molecular weight is 375 g/mol. The van der Waals surface area contributed by atoms with Crippen molar-refractivity contribution in [2.75, 3.05) is 0 Å². The molecule has 1 saturated carbocycles. The van der Waals surface area contributed by atoms with Crippen molar-refractivity contribution < 1.29 is 14.3 Å². The molecule has 0 aliphatic heterocycles. The molecule has 4 nitrogen and oxygen atoms in total. The summed E-state index contributed by atoms with van der Waals surface area (Å²) in [5.74, 6) is 0.899. The summed E-state index contributed by atoms with van der Waals surface area (Å²) in [6.45, 7) is 8.15. The van der Waals surface area contributed by atoms with Crippen LogP contribution in [0.15, 0.2) is 66.2 Å². The lowest BCUT2D eigenvalue weighted by molar-refractivity contribution is -0.149. The Labute approximate surface area is 166 Å². The Balaban J connectivity index is 1.72. The van der Waals surface area contributed by atoms with Crippen molar-refractivity contribution >= 4 is 5.97 Å². The largest absolute Gasteiger partial charge is 0.457 e. The van der Waals surface area contributed by atoms with Crippen molar-refractivity contribution in [2.24, 2.45) is 17.3 Å². The first-order valence-corrected chi connectivity index (χ1v) is 9.41. The molecule has 2 aromatic rings. The number of nitrogens with zero attached hydrogens (tertiary/aromatic N) is 1. The van der Waals surface area contributed by atoms with Gasteiger partial charge in [0.25, 0.3) is 0 Å². The van der Waals surface area contributed by atoms with Crippen LogP contribution in [0.3, 0.4) is 0 Å². The highest BCUT2D eigenvalue weighted by Gasteiger charge is 2.61. The minimum Gasteiger partial charge on any atom is -0.457 e. The van der Waals surface area contributed by atoms with Gasteiger partial charge in [-0.3, -0.25) is 4.79 Å². The Morgan fingerprint density at radius 3 is 2.43 bits per heavy atom. The van der Waals surface area contributed by atoms with E-state index in [4.69, 9.17) is 9.47 Å². The van der Waals surface area contributed by atoms with E-state index in [1.54, 1.807) is 18.2 Å². The van der Waals surface area contributed by atoms with Crippen LogP contribution in [0.25, 0.3) is 0 Å². The zero-order valence-corrected chi connectivity index (χ0v) is 16.7. The number of ether oxygens (including phenoxy) is 2. The van der Waals surface area contributed by atoms with E-state index in [2.05, 4.69) is 26.0 Å². The van der Waals surface area contributed by atoms with Crippen LogP contribution >= 0.6 is 0 Å². The van der Waals surface area contributed by atoms with Crippen LogP contribution in [-0.2, 0) is 9.53 Å². The summed E-state index contributed by atoms with van der Waals surface area (Å²) < 4.78 is 11.4. The third-order valence-electron chi connectivity index (χ3n) is 5.17. The fourth-order valence-corrected chi connectivity index (χ4v) is 3.52. The third kappa shape index (κ3) is 4.26. The van der Waals surface area contributed by atoms with Gasteiger partial charge in [-0.1, -0.05) is 55.8 Å². The van der Waals surface area contributed by atoms with E-state index in [9.17, 15) is 10.1 Å². The van der Waals surface area contributed by atoms with Crippen LogP contribution in [0, 0.1) is 28.6 Å². The molecule has 1 aliphatic rings. The van der Waals surface area contributed by atoms with E-state index < -0.39 is 6.10 Å². The number of carbonyl (C=O) groups excluding carboxylic acids is 1. The minimum atomic E-state index is -0.962. The van der Waals surface area contributed by atoms with Crippen LogP contribution in [0.1, 0.15) is 39.4 Å². The van der Waals surface area contributed by atoms with E-state index in [0.717, 1.165) is 0 Å². The lowest BCUT2D eigenvalue weighted by Crippen LogP contribution is -2.14. The van der Waals surface area contributed by atoms with Gasteiger partial charge in [-0.05, 0) is 49.4 Å². The molecule has 1 fully saturated rings. The number of hydrogen-bond donors (Lipinski definition) is 0. The van der Waals surface area contributed by atoms with Gasteiger partial charge in [0.05, 0.1) is 5.92 Å². The molecule has 0 bridgehead atoms. The van der Waals surface area contributed by atoms with Gasteiger partial charge in [-0.25, -0.2) is 0 Å². The van der Waals surface area contributed by atoms with Gasteiger partial charge < -0.3 is 9.47 Å². The first kappa shape index (κ1) is 19.7. The predicted octanol–water partition coefficient (Wildman–Crippen LogP) is 5.83. The Bertz CT molecular complexity index is 920. The second-order valence-electron chi connectivity index (χ2n) is 8.00. The molecule has 0 N–H and O–H groups in total. The third-order valence-corrected chi connectivity index (χ3v) is 5.17. The molecule has 4 heteroatoms. The Morgan fingerprint density at radius 2 is 1.79 bits per heavy atom. The molecule has 0 radical (unpaired) electrons. The van der Waals surface area contributed by atoms with Gasteiger partial charge in [0.2, 0.25) is 6.10 Å². The summed E-state index contributed by atoms with van der Waals surface area (Å²) in [5, 5.41) is 9.57. The van der Waals surface area contributed by atoms with Crippen molar-refractivity contribution in [2.45, 2.75) is 33.8 Å². The summed E-state index contributed by atoms with van der Waals surface area (Å²) >= 11 is 0. The number of allylic oxidation sites excluding steroid dienone is 2. The predicted molar refractivity (Wildman–Crippen MR) is 108 cm³/mol. The maximum Gasteiger partial charge on any atom is 0.311 e. The highest BCUT2D eigenvalue weighted by molar-refractivity contribution is 5.78. The quantitative estimate of drug-likeness (QED) is 0.471. The number of para-hydroxylation sites is 1. The van der Waals surface area contributed by atoms with E-state index in [-0.39, 0.29) is 23.2 Å². The number of hydrogen-bond acceptors (Lipinski definition) is 4. The number of carbonyl (C=O) groups is 1. The normalized spacial score (nSPS) is 20.4. The molecule has 2 aromatic carbocycles. The van der Waals surface area contributed by atoms with Crippen LogP contribution in [0.2, 0.25) is 0 Å². The van der Waals surface area contributed by atoms with Crippen molar-refractivity contribution in [1.82, 2.24) is 0 Å². The number of esters is 1. The number of rotatable bonds is 6. The van der Waals surface area contributed by atoms with Gasteiger partial charge in [-0.2, -0.15) is 5.26 Å². The fourth-order valence-electron chi connectivity index (χ4n) is 3.52. The first-order chi connectivity index (χ1) is 13.3. The average Bonchev–Trinajstić information content (AvgIpc) is 3.20. The highest BCUT2D eigenvalue weighted by Crippen LogP contribution is 2.60. The van der Waals surface area contributed by atoms with Gasteiger partial charge in [-0.15, -0.1) is 0 Å². The molecule has 0 saturated heterocycles. The molecular weight excluding hydrogens is 350 g/mol. The van der Waals surface area contributed by atoms with Crippen LogP contribution in [-0.4, -0.2) is 5.97 Å². The Kier molecular flexibility index (Phi) is 5.56. The summed E-state index contributed by atoms with van der Waals surface area (Å²) in [4.78, 5) is 12.7. The van der Waals surface area contributed by atoms with E-state index in [1.807, 2.05) is 50.2 Å². The lowest BCUT2D eigenvalue weighted by atomic mass is 10.1. The lowest BCUT2D eigenvalue weighted by Gasteiger charge is -2.13. The topological polar surface area (TPSA) is 59.3 Å². The van der Waals surface area contributed by atoms with Gasteiger partial charge in [0.15, 0.2) is 0 Å². The molecule has 28 heavy (non-hydrogen) atoms. The maximum atomic E-state index is 12.7. The van der Waals surface area contributed by atoms with Gasteiger partial charge in [0, 0.05) is 5.56 Å². The molecule has 1 aliphatic carbocycles. The minimum absolute atomic E-state index is 0.146. The zero-order valence-electron chi connectivity index (χ0n) is 16.7. The smallest absolute Gasteiger partial charge is 0.311 e. The van der Waals surface area contributed by atoms with E-state index in [0.29, 0.717) is 17.1 Å². The monoisotopic (exact) mass is 375 g/mol. The van der Waals surface area contributed by atoms with Crippen molar-refractivity contribution in [3.8, 4) is 17.6 Å². The van der Waals surface area contributed by atoms with E-state index in [1.165, 1.54) is 5.57 Å². The molecule has 0 aromatic heterocycles. The molecular formula is C24H25NO3. The van der Waals surface area contributed by atoms with Crippen LogP contribution < -0.4 is 4.74 Å². The number of nitriles is 1. The molecule has 3 rings (SSSR count). The Morgan fingerprint density at radius 1 is 1.11 bits per heavy atom. The number of benzene rings is 2. The molecule has 0 spiro atoms. The molecule has 0 unspecified atom stereocenters. The summed E-state index contributed by atoms with van der Waals surface area (Å²) in [6, 6.07) is 18.6. The first-order valence-electron chi connectivity index (χ1n) is 9.41. The van der Waals surface area contributed by atoms with Crippen molar-refractivity contribution in [3.05, 3.63) is 71.8 Å². The fraction of sp³-hybridized carbons (Fsp3) is 0.333. The molecule has 144 valence electrons. The maximum absolute atomic E-state index is 12.7. The molecule has 0 heterocycles. The Hall–Kier alpha value is -3.06. The summed E-state index contributed by atoms with van der Waals surface area (Å²) in [6.07, 6.45) is 1.15. The molecule has 0 amide bonds. The second-order valence-corrected chi connectivity index (χ2v) is 8.00. The van der Waals surface area contributed by atoms with Crippen LogP contribution in [0.5, 0.6) is 11.5 Å².